The molecule has 0 aromatic heterocycles. The first-order valence-corrected chi connectivity index (χ1v) is 9.96. The minimum absolute atomic E-state index is 0.0114. The Morgan fingerprint density at radius 1 is 1.00 bits per heavy atom. The van der Waals surface area contributed by atoms with Crippen LogP contribution in [0.15, 0.2) is 36.4 Å². The normalized spacial score (nSPS) is 26.5. The Kier molecular flexibility index (Phi) is 4.53. The lowest BCUT2D eigenvalue weighted by Crippen LogP contribution is -2.52. The number of fused-ring (bicyclic) bond motifs is 2. The first-order chi connectivity index (χ1) is 13.8. The molecule has 148 valence electrons. The number of rotatable bonds is 3. The smallest absolute Gasteiger partial charge is 0.231 e. The van der Waals surface area contributed by atoms with E-state index < -0.39 is 0 Å². The Hall–Kier alpha value is -2.44. The quantitative estimate of drug-likeness (QED) is 0.877. The molecule has 3 atom stereocenters. The van der Waals surface area contributed by atoms with Gasteiger partial charge < -0.3 is 24.1 Å². The predicted octanol–water partition coefficient (Wildman–Crippen LogP) is 3.33. The summed E-state index contributed by atoms with van der Waals surface area (Å²) in [4.78, 5) is 2.36. The third-order valence-electron chi connectivity index (χ3n) is 6.03. The number of para-hydroxylation sites is 1. The molecule has 1 N–H and O–H groups in total. The lowest BCUT2D eigenvalue weighted by Gasteiger charge is -2.45. The molecule has 3 heterocycles. The standard InChI is InChI=1S/C22H25NO5/c1-2-14-21(15-5-3-4-6-17(15)24)16-11-19-20(27-13-26-19)12-18(16)28-22(14)23-7-9-25-10-8-23/h3-6,11-12,14,21-22,24H,2,7-10,13H2,1H3/t14-,21+,22+/m1/s1. The number of ether oxygens (including phenoxy) is 4. The summed E-state index contributed by atoms with van der Waals surface area (Å²) in [7, 11) is 0. The average molecular weight is 383 g/mol. The molecule has 0 radical (unpaired) electrons. The van der Waals surface area contributed by atoms with Crippen molar-refractivity contribution in [3.63, 3.8) is 0 Å². The van der Waals surface area contributed by atoms with Gasteiger partial charge in [0, 0.05) is 42.1 Å². The van der Waals surface area contributed by atoms with Crippen molar-refractivity contribution >= 4 is 0 Å². The number of benzene rings is 2. The fraction of sp³-hybridized carbons (Fsp3) is 0.455. The van der Waals surface area contributed by atoms with Crippen LogP contribution >= 0.6 is 0 Å². The van der Waals surface area contributed by atoms with E-state index in [1.807, 2.05) is 30.3 Å². The Labute approximate surface area is 164 Å². The van der Waals surface area contributed by atoms with Gasteiger partial charge in [0.2, 0.25) is 6.79 Å². The van der Waals surface area contributed by atoms with Gasteiger partial charge in [-0.25, -0.2) is 0 Å². The second-order valence-corrected chi connectivity index (χ2v) is 7.51. The molecule has 0 spiro atoms. The van der Waals surface area contributed by atoms with Gasteiger partial charge in [0.1, 0.15) is 11.5 Å². The van der Waals surface area contributed by atoms with Crippen LogP contribution in [-0.2, 0) is 4.74 Å². The fourth-order valence-corrected chi connectivity index (χ4v) is 4.66. The third kappa shape index (κ3) is 2.88. The van der Waals surface area contributed by atoms with Gasteiger partial charge in [-0.3, -0.25) is 4.90 Å². The van der Waals surface area contributed by atoms with E-state index in [0.717, 1.165) is 42.1 Å². The number of morpholine rings is 1. The predicted molar refractivity (Wildman–Crippen MR) is 103 cm³/mol. The van der Waals surface area contributed by atoms with E-state index in [4.69, 9.17) is 18.9 Å². The van der Waals surface area contributed by atoms with Crippen LogP contribution in [0.3, 0.4) is 0 Å². The molecule has 2 aromatic rings. The van der Waals surface area contributed by atoms with E-state index in [1.165, 1.54) is 0 Å². The number of phenolic OH excluding ortho intramolecular Hbond substituents is 1. The van der Waals surface area contributed by atoms with Crippen molar-refractivity contribution in [1.29, 1.82) is 0 Å². The highest BCUT2D eigenvalue weighted by atomic mass is 16.7. The summed E-state index contributed by atoms with van der Waals surface area (Å²) in [5.41, 5.74) is 1.97. The Morgan fingerprint density at radius 2 is 1.75 bits per heavy atom. The van der Waals surface area contributed by atoms with Crippen molar-refractivity contribution in [1.82, 2.24) is 4.90 Å². The van der Waals surface area contributed by atoms with E-state index in [0.29, 0.717) is 24.7 Å². The monoisotopic (exact) mass is 383 g/mol. The zero-order valence-electron chi connectivity index (χ0n) is 16.0. The van der Waals surface area contributed by atoms with Gasteiger partial charge in [0.05, 0.1) is 13.2 Å². The molecular formula is C22H25NO5. The highest BCUT2D eigenvalue weighted by Gasteiger charge is 2.43. The summed E-state index contributed by atoms with van der Waals surface area (Å²) in [5, 5.41) is 10.7. The molecule has 0 bridgehead atoms. The molecule has 0 unspecified atom stereocenters. The highest BCUT2D eigenvalue weighted by Crippen LogP contribution is 2.51. The van der Waals surface area contributed by atoms with Gasteiger partial charge >= 0.3 is 0 Å². The van der Waals surface area contributed by atoms with Gasteiger partial charge in [0.15, 0.2) is 17.7 Å². The first kappa shape index (κ1) is 17.6. The Balaban J connectivity index is 1.64. The van der Waals surface area contributed by atoms with Crippen molar-refractivity contribution in [2.45, 2.75) is 25.5 Å². The maximum absolute atomic E-state index is 10.7. The SMILES string of the molecule is CC[C@@H]1[C@@H](c2ccccc2O)c2cc3c(cc2O[C@@H]1N1CCOCC1)OCO3. The summed E-state index contributed by atoms with van der Waals surface area (Å²) < 4.78 is 23.3. The molecule has 1 saturated heterocycles. The summed E-state index contributed by atoms with van der Waals surface area (Å²) >= 11 is 0. The van der Waals surface area contributed by atoms with E-state index >= 15 is 0 Å². The Bertz CT molecular complexity index is 864. The molecule has 3 aliphatic heterocycles. The van der Waals surface area contributed by atoms with Crippen LogP contribution in [0, 0.1) is 5.92 Å². The molecule has 28 heavy (non-hydrogen) atoms. The number of hydrogen-bond acceptors (Lipinski definition) is 6. The second kappa shape index (κ2) is 7.18. The van der Waals surface area contributed by atoms with Crippen LogP contribution in [0.25, 0.3) is 0 Å². The van der Waals surface area contributed by atoms with Crippen molar-refractivity contribution in [2.24, 2.45) is 5.92 Å². The summed E-state index contributed by atoms with van der Waals surface area (Å²) in [5.74, 6) is 2.78. The highest BCUT2D eigenvalue weighted by molar-refractivity contribution is 5.57. The molecule has 0 saturated carbocycles. The van der Waals surface area contributed by atoms with Gasteiger partial charge in [-0.2, -0.15) is 0 Å². The number of hydrogen-bond donors (Lipinski definition) is 1. The van der Waals surface area contributed by atoms with Gasteiger partial charge in [-0.1, -0.05) is 25.1 Å². The maximum Gasteiger partial charge on any atom is 0.231 e. The van der Waals surface area contributed by atoms with Crippen LogP contribution < -0.4 is 14.2 Å². The largest absolute Gasteiger partial charge is 0.508 e. The summed E-state index contributed by atoms with van der Waals surface area (Å²) in [6, 6.07) is 11.6. The van der Waals surface area contributed by atoms with Gasteiger partial charge in [0.25, 0.3) is 0 Å². The van der Waals surface area contributed by atoms with E-state index in [9.17, 15) is 5.11 Å². The minimum atomic E-state index is -0.0774. The first-order valence-electron chi connectivity index (χ1n) is 9.96. The van der Waals surface area contributed by atoms with Crippen LogP contribution in [0.2, 0.25) is 0 Å². The van der Waals surface area contributed by atoms with Crippen molar-refractivity contribution < 1.29 is 24.1 Å². The van der Waals surface area contributed by atoms with Crippen molar-refractivity contribution in [3.05, 3.63) is 47.5 Å². The van der Waals surface area contributed by atoms with Gasteiger partial charge in [-0.15, -0.1) is 0 Å². The lowest BCUT2D eigenvalue weighted by atomic mass is 9.75. The van der Waals surface area contributed by atoms with Crippen LogP contribution in [-0.4, -0.2) is 49.3 Å². The molecular weight excluding hydrogens is 358 g/mol. The zero-order valence-corrected chi connectivity index (χ0v) is 16.0. The van der Waals surface area contributed by atoms with E-state index in [2.05, 4.69) is 11.8 Å². The van der Waals surface area contributed by atoms with Crippen LogP contribution in [0.5, 0.6) is 23.0 Å². The van der Waals surface area contributed by atoms with E-state index in [-0.39, 0.29) is 24.9 Å². The molecule has 6 heteroatoms. The summed E-state index contributed by atoms with van der Waals surface area (Å²) in [6.07, 6.45) is 0.848. The number of phenols is 1. The van der Waals surface area contributed by atoms with Crippen molar-refractivity contribution in [2.75, 3.05) is 33.1 Å². The topological polar surface area (TPSA) is 60.4 Å². The summed E-state index contributed by atoms with van der Waals surface area (Å²) in [6.45, 7) is 5.52. The lowest BCUT2D eigenvalue weighted by molar-refractivity contribution is -0.0831. The average Bonchev–Trinajstić information content (AvgIpc) is 3.19. The molecule has 1 fully saturated rings. The zero-order chi connectivity index (χ0) is 19.1. The Morgan fingerprint density at radius 3 is 2.50 bits per heavy atom. The van der Waals surface area contributed by atoms with Gasteiger partial charge in [-0.05, 0) is 18.6 Å². The van der Waals surface area contributed by atoms with Crippen LogP contribution in [0.1, 0.15) is 30.4 Å². The molecule has 5 rings (SSSR count). The third-order valence-corrected chi connectivity index (χ3v) is 6.03. The molecule has 2 aromatic carbocycles. The molecule has 6 nitrogen and oxygen atoms in total. The second-order valence-electron chi connectivity index (χ2n) is 7.51. The van der Waals surface area contributed by atoms with Crippen LogP contribution in [0.4, 0.5) is 0 Å². The van der Waals surface area contributed by atoms with Crippen molar-refractivity contribution in [3.8, 4) is 23.0 Å². The molecule has 3 aliphatic rings. The molecule has 0 amide bonds. The number of nitrogens with zero attached hydrogens (tertiary/aromatic N) is 1. The maximum atomic E-state index is 10.7. The molecule has 0 aliphatic carbocycles. The minimum Gasteiger partial charge on any atom is -0.508 e. The van der Waals surface area contributed by atoms with E-state index in [1.54, 1.807) is 6.07 Å². The number of aromatic hydroxyl groups is 1. The fourth-order valence-electron chi connectivity index (χ4n) is 4.66.